The monoisotopic (exact) mass is 688 g/mol. The molecule has 0 heterocycles. The van der Waals surface area contributed by atoms with Gasteiger partial charge in [0.25, 0.3) is 0 Å². The van der Waals surface area contributed by atoms with E-state index in [2.05, 4.69) is 55.6 Å². The number of ether oxygens (including phenoxy) is 1. The van der Waals surface area contributed by atoms with Crippen LogP contribution in [0.15, 0.2) is 36.5 Å². The van der Waals surface area contributed by atoms with Crippen molar-refractivity contribution in [1.29, 1.82) is 0 Å². The third-order valence-corrected chi connectivity index (χ3v) is 9.08. The molecule has 1 amide bonds. The summed E-state index contributed by atoms with van der Waals surface area (Å²) in [5, 5.41) is 11.1. The van der Waals surface area contributed by atoms with Gasteiger partial charge < -0.3 is 15.2 Å². The lowest BCUT2D eigenvalue weighted by Crippen LogP contribution is -2.28. The molecule has 49 heavy (non-hydrogen) atoms. The zero-order chi connectivity index (χ0) is 35.9. The van der Waals surface area contributed by atoms with Crippen molar-refractivity contribution in [2.24, 2.45) is 0 Å². The summed E-state index contributed by atoms with van der Waals surface area (Å²) in [4.78, 5) is 35.0. The molecular weight excluding hydrogens is 610 g/mol. The Labute approximate surface area is 302 Å². The highest BCUT2D eigenvalue weighted by Gasteiger charge is 2.14. The first-order chi connectivity index (χ1) is 24.0. The quantitative estimate of drug-likeness (QED) is 0.0385. The van der Waals surface area contributed by atoms with Crippen molar-refractivity contribution in [3.05, 3.63) is 36.5 Å². The average Bonchev–Trinajstić information content (AvgIpc) is 3.08. The second-order valence-electron chi connectivity index (χ2n) is 13.9. The molecule has 0 bridgehead atoms. The summed E-state index contributed by atoms with van der Waals surface area (Å²) in [6.45, 7) is 4.12. The summed E-state index contributed by atoms with van der Waals surface area (Å²) in [5.41, 5.74) is 0. The van der Waals surface area contributed by atoms with Crippen LogP contribution in [0.25, 0.3) is 0 Å². The normalized spacial score (nSPS) is 12.4. The molecule has 284 valence electrons. The average molecular weight is 688 g/mol. The van der Waals surface area contributed by atoms with Gasteiger partial charge in [-0.3, -0.25) is 14.4 Å². The van der Waals surface area contributed by atoms with Crippen LogP contribution in [-0.2, 0) is 19.1 Å². The molecule has 1 unspecified atom stereocenters. The summed E-state index contributed by atoms with van der Waals surface area (Å²) < 4.78 is 6.02. The number of rotatable bonds is 37. The molecule has 0 aromatic carbocycles. The first kappa shape index (κ1) is 46.6. The zero-order valence-electron chi connectivity index (χ0n) is 32.0. The van der Waals surface area contributed by atoms with Gasteiger partial charge in [-0.25, -0.2) is 0 Å². The molecule has 6 heteroatoms. The van der Waals surface area contributed by atoms with Gasteiger partial charge in [0.1, 0.15) is 12.6 Å². The van der Waals surface area contributed by atoms with Gasteiger partial charge in [-0.1, -0.05) is 159 Å². The number of aliphatic carboxylic acids is 1. The lowest BCUT2D eigenvalue weighted by atomic mass is 10.0. The number of esters is 1. The van der Waals surface area contributed by atoms with E-state index in [1.807, 2.05) is 0 Å². The van der Waals surface area contributed by atoms with Gasteiger partial charge in [-0.15, -0.1) is 0 Å². The van der Waals surface area contributed by atoms with Crippen LogP contribution in [0.2, 0.25) is 0 Å². The molecule has 0 aliphatic heterocycles. The third kappa shape index (κ3) is 38.3. The van der Waals surface area contributed by atoms with E-state index in [4.69, 9.17) is 9.84 Å². The van der Waals surface area contributed by atoms with Gasteiger partial charge in [0.2, 0.25) is 5.91 Å². The number of unbranched alkanes of at least 4 members (excludes halogenated alkanes) is 20. The number of amides is 1. The highest BCUT2D eigenvalue weighted by atomic mass is 16.5. The van der Waals surface area contributed by atoms with E-state index in [1.54, 1.807) is 0 Å². The van der Waals surface area contributed by atoms with Crippen LogP contribution in [0, 0.1) is 0 Å². The van der Waals surface area contributed by atoms with Crippen LogP contribution in [0.3, 0.4) is 0 Å². The molecule has 2 N–H and O–H groups in total. The van der Waals surface area contributed by atoms with Gasteiger partial charge >= 0.3 is 11.9 Å². The molecule has 0 aliphatic carbocycles. The van der Waals surface area contributed by atoms with Crippen LogP contribution < -0.4 is 5.32 Å². The first-order valence-electron chi connectivity index (χ1n) is 20.6. The van der Waals surface area contributed by atoms with E-state index in [0.717, 1.165) is 89.9 Å². The minimum atomic E-state index is -1.02. The van der Waals surface area contributed by atoms with E-state index in [9.17, 15) is 14.4 Å². The Morgan fingerprint density at radius 1 is 0.551 bits per heavy atom. The first-order valence-corrected chi connectivity index (χ1v) is 20.6. The minimum absolute atomic E-state index is 0.0202. The van der Waals surface area contributed by atoms with Gasteiger partial charge in [0.05, 0.1) is 0 Å². The van der Waals surface area contributed by atoms with E-state index in [1.165, 1.54) is 89.9 Å². The molecule has 0 aromatic rings. The van der Waals surface area contributed by atoms with Crippen molar-refractivity contribution in [2.45, 2.75) is 213 Å². The van der Waals surface area contributed by atoms with Crippen LogP contribution >= 0.6 is 0 Å². The number of nitrogens with one attached hydrogen (secondary N) is 1. The van der Waals surface area contributed by atoms with Crippen molar-refractivity contribution < 1.29 is 24.2 Å². The molecule has 6 nitrogen and oxygen atoms in total. The van der Waals surface area contributed by atoms with Gasteiger partial charge in [0, 0.05) is 12.8 Å². The summed E-state index contributed by atoms with van der Waals surface area (Å²) in [6, 6.07) is 0. The number of carbonyl (C=O) groups is 3. The van der Waals surface area contributed by atoms with Crippen molar-refractivity contribution in [3.63, 3.8) is 0 Å². The number of carbonyl (C=O) groups excluding carboxylic acids is 2. The lowest BCUT2D eigenvalue weighted by molar-refractivity contribution is -0.150. The van der Waals surface area contributed by atoms with Gasteiger partial charge in [-0.05, 0) is 70.6 Å². The zero-order valence-corrected chi connectivity index (χ0v) is 32.0. The predicted molar refractivity (Wildman–Crippen MR) is 208 cm³/mol. The molecule has 0 saturated heterocycles. The third-order valence-electron chi connectivity index (χ3n) is 9.08. The lowest BCUT2D eigenvalue weighted by Gasteiger charge is -2.18. The SMILES string of the molecule is CC/C=C\C/C=C\C/C=C\CCCCCCCC(=O)OC(CCCCCCCCCCCCCC)CCCCCCCC(=O)NCC(=O)O. The molecule has 0 aliphatic rings. The van der Waals surface area contributed by atoms with E-state index in [0.29, 0.717) is 12.8 Å². The van der Waals surface area contributed by atoms with Crippen molar-refractivity contribution >= 4 is 17.8 Å². The molecule has 0 spiro atoms. The predicted octanol–water partition coefficient (Wildman–Crippen LogP) is 12.5. The van der Waals surface area contributed by atoms with Crippen LogP contribution in [0.5, 0.6) is 0 Å². The maximum absolute atomic E-state index is 12.7. The van der Waals surface area contributed by atoms with Crippen LogP contribution in [0.4, 0.5) is 0 Å². The molecule has 0 fully saturated rings. The second kappa shape index (κ2) is 38.4. The van der Waals surface area contributed by atoms with E-state index >= 15 is 0 Å². The Hall–Kier alpha value is -2.37. The molecule has 0 aromatic heterocycles. The fraction of sp³-hybridized carbons (Fsp3) is 0.791. The van der Waals surface area contributed by atoms with Gasteiger partial charge in [-0.2, -0.15) is 0 Å². The number of carboxylic acids is 1. The highest BCUT2D eigenvalue weighted by Crippen LogP contribution is 2.19. The van der Waals surface area contributed by atoms with Crippen molar-refractivity contribution in [3.8, 4) is 0 Å². The second-order valence-corrected chi connectivity index (χ2v) is 13.9. The summed E-state index contributed by atoms with van der Waals surface area (Å²) >= 11 is 0. The smallest absolute Gasteiger partial charge is 0.322 e. The summed E-state index contributed by atoms with van der Waals surface area (Å²) in [6.07, 6.45) is 46.9. The largest absolute Gasteiger partial charge is 0.480 e. The summed E-state index contributed by atoms with van der Waals surface area (Å²) in [7, 11) is 0. The van der Waals surface area contributed by atoms with Gasteiger partial charge in [0.15, 0.2) is 0 Å². The highest BCUT2D eigenvalue weighted by molar-refractivity contribution is 5.80. The molecule has 0 rings (SSSR count). The number of hydrogen-bond acceptors (Lipinski definition) is 4. The van der Waals surface area contributed by atoms with Crippen molar-refractivity contribution in [1.82, 2.24) is 5.32 Å². The molecule has 0 saturated carbocycles. The Morgan fingerprint density at radius 3 is 1.53 bits per heavy atom. The van der Waals surface area contributed by atoms with E-state index < -0.39 is 5.97 Å². The molecular formula is C43H77NO5. The Morgan fingerprint density at radius 2 is 1.00 bits per heavy atom. The molecule has 0 radical (unpaired) electrons. The van der Waals surface area contributed by atoms with Crippen molar-refractivity contribution in [2.75, 3.05) is 6.54 Å². The van der Waals surface area contributed by atoms with Crippen LogP contribution in [0.1, 0.15) is 206 Å². The fourth-order valence-corrected chi connectivity index (χ4v) is 6.06. The maximum Gasteiger partial charge on any atom is 0.322 e. The minimum Gasteiger partial charge on any atom is -0.480 e. The Balaban J connectivity index is 4.19. The Kier molecular flexibility index (Phi) is 36.6. The van der Waals surface area contributed by atoms with Crippen LogP contribution in [-0.4, -0.2) is 35.6 Å². The topological polar surface area (TPSA) is 92.7 Å². The summed E-state index contributed by atoms with van der Waals surface area (Å²) in [5.74, 6) is -1.24. The van der Waals surface area contributed by atoms with E-state index in [-0.39, 0.29) is 24.5 Å². The Bertz CT molecular complexity index is 849. The standard InChI is InChI=1S/C43H77NO5/c1-3-5-7-9-11-13-15-17-18-19-21-23-25-30-34-38-43(48)49-40(35-31-27-24-22-20-16-14-12-10-8-6-4-2)36-32-28-26-29-33-37-41(45)44-39-42(46)47/h5,7,11,13,17-18,40H,3-4,6,8-10,12,14-16,19-39H2,1-2H3,(H,44,45)(H,46,47)/b7-5-,13-11-,18-17-. The number of carboxylic acid groups (broad SMARTS) is 1. The fourth-order valence-electron chi connectivity index (χ4n) is 6.06. The molecule has 1 atom stereocenters. The maximum atomic E-state index is 12.7. The number of hydrogen-bond donors (Lipinski definition) is 2. The number of allylic oxidation sites excluding steroid dienone is 6.